The highest BCUT2D eigenvalue weighted by molar-refractivity contribution is 5.90. The molecule has 3 aromatic rings. The number of hydrogen-bond acceptors (Lipinski definition) is 3. The van der Waals surface area contributed by atoms with Crippen LogP contribution in [-0.2, 0) is 0 Å². The fourth-order valence-corrected chi connectivity index (χ4v) is 2.14. The zero-order chi connectivity index (χ0) is 14.8. The molecule has 0 amide bonds. The summed E-state index contributed by atoms with van der Waals surface area (Å²) in [6, 6.07) is 14.8. The number of nitrogens with zero attached hydrogens (tertiary/aromatic N) is 2. The number of nitrogens with one attached hydrogen (secondary N) is 1. The van der Waals surface area contributed by atoms with Gasteiger partial charge in [0.25, 0.3) is 0 Å². The second-order valence-electron chi connectivity index (χ2n) is 4.87. The summed E-state index contributed by atoms with van der Waals surface area (Å²) in [5.74, 6) is 0.746. The topological polar surface area (TPSA) is 72.7 Å². The molecule has 0 saturated carbocycles. The van der Waals surface area contributed by atoms with Gasteiger partial charge < -0.3 is 10.1 Å². The van der Waals surface area contributed by atoms with Gasteiger partial charge in [-0.25, -0.2) is 4.98 Å². The van der Waals surface area contributed by atoms with Gasteiger partial charge in [-0.1, -0.05) is 18.2 Å². The summed E-state index contributed by atoms with van der Waals surface area (Å²) < 4.78 is 0. The van der Waals surface area contributed by atoms with Crippen molar-refractivity contribution in [1.29, 1.82) is 5.26 Å². The Morgan fingerprint density at radius 1 is 1.24 bits per heavy atom. The minimum atomic E-state index is 0.199. The molecule has 2 N–H and O–H groups in total. The number of imidazole rings is 1. The first-order chi connectivity index (χ1) is 10.2. The first-order valence-electron chi connectivity index (χ1n) is 6.53. The van der Waals surface area contributed by atoms with Crippen LogP contribution in [0, 0.1) is 18.3 Å². The van der Waals surface area contributed by atoms with Gasteiger partial charge in [-0.2, -0.15) is 5.26 Å². The molecule has 102 valence electrons. The van der Waals surface area contributed by atoms with E-state index in [4.69, 9.17) is 0 Å². The Bertz CT molecular complexity index is 867. The summed E-state index contributed by atoms with van der Waals surface area (Å²) in [6.07, 6.45) is 1.74. The quantitative estimate of drug-likeness (QED) is 0.701. The first kappa shape index (κ1) is 12.9. The molecule has 4 nitrogen and oxygen atoms in total. The normalized spacial score (nSPS) is 11.5. The number of fused-ring (bicyclic) bond motifs is 1. The lowest BCUT2D eigenvalue weighted by molar-refractivity contribution is 0.475. The third-order valence-electron chi connectivity index (χ3n) is 3.22. The fourth-order valence-electron chi connectivity index (χ4n) is 2.14. The van der Waals surface area contributed by atoms with Gasteiger partial charge in [0.2, 0.25) is 0 Å². The van der Waals surface area contributed by atoms with Crippen molar-refractivity contribution >= 4 is 22.7 Å². The molecule has 0 aliphatic heterocycles. The summed E-state index contributed by atoms with van der Waals surface area (Å²) in [6.45, 7) is 2.01. The van der Waals surface area contributed by atoms with Crippen LogP contribution in [0.25, 0.3) is 22.7 Å². The standard InChI is InChI=1S/C17H13N3O/c1-11-2-7-15-16(8-11)20-17(19-15)13(10-18)9-12-3-5-14(21)6-4-12/h2-9,21H,1H3,(H,19,20)/b13-9-. The fraction of sp³-hybridized carbons (Fsp3) is 0.0588. The van der Waals surface area contributed by atoms with E-state index in [-0.39, 0.29) is 5.75 Å². The van der Waals surface area contributed by atoms with E-state index in [2.05, 4.69) is 16.0 Å². The number of phenols is 1. The number of hydrogen-bond donors (Lipinski definition) is 2. The molecule has 4 heteroatoms. The maximum Gasteiger partial charge on any atom is 0.149 e. The van der Waals surface area contributed by atoms with E-state index in [1.54, 1.807) is 30.3 Å². The maximum atomic E-state index is 9.35. The molecule has 0 aliphatic rings. The van der Waals surface area contributed by atoms with Gasteiger partial charge >= 0.3 is 0 Å². The van der Waals surface area contributed by atoms with Gasteiger partial charge in [0.15, 0.2) is 0 Å². The van der Waals surface area contributed by atoms with E-state index in [0.29, 0.717) is 11.4 Å². The highest BCUT2D eigenvalue weighted by atomic mass is 16.3. The molecule has 0 spiro atoms. The van der Waals surface area contributed by atoms with Crippen molar-refractivity contribution in [3.05, 3.63) is 59.4 Å². The lowest BCUT2D eigenvalue weighted by Gasteiger charge is -1.96. The minimum absolute atomic E-state index is 0.199. The van der Waals surface area contributed by atoms with Crippen LogP contribution in [-0.4, -0.2) is 15.1 Å². The Labute approximate surface area is 122 Å². The number of aromatic amines is 1. The lowest BCUT2D eigenvalue weighted by atomic mass is 10.1. The monoisotopic (exact) mass is 275 g/mol. The lowest BCUT2D eigenvalue weighted by Crippen LogP contribution is -1.84. The van der Waals surface area contributed by atoms with Crippen molar-refractivity contribution in [2.75, 3.05) is 0 Å². The number of nitriles is 1. The molecular formula is C17H13N3O. The first-order valence-corrected chi connectivity index (χ1v) is 6.53. The maximum absolute atomic E-state index is 9.35. The molecule has 1 aromatic heterocycles. The average molecular weight is 275 g/mol. The molecule has 21 heavy (non-hydrogen) atoms. The molecular weight excluding hydrogens is 262 g/mol. The van der Waals surface area contributed by atoms with Gasteiger partial charge in [-0.15, -0.1) is 0 Å². The van der Waals surface area contributed by atoms with Crippen LogP contribution in [0.3, 0.4) is 0 Å². The third-order valence-corrected chi connectivity index (χ3v) is 3.22. The van der Waals surface area contributed by atoms with Crippen LogP contribution in [0.4, 0.5) is 0 Å². The van der Waals surface area contributed by atoms with Crippen molar-refractivity contribution in [2.24, 2.45) is 0 Å². The average Bonchev–Trinajstić information content (AvgIpc) is 2.89. The minimum Gasteiger partial charge on any atom is -0.508 e. The van der Waals surface area contributed by atoms with Gasteiger partial charge in [0.05, 0.1) is 16.6 Å². The molecule has 0 bridgehead atoms. The highest BCUT2D eigenvalue weighted by Gasteiger charge is 2.08. The van der Waals surface area contributed by atoms with Crippen molar-refractivity contribution in [1.82, 2.24) is 9.97 Å². The van der Waals surface area contributed by atoms with E-state index in [1.165, 1.54) is 0 Å². The largest absolute Gasteiger partial charge is 0.508 e. The summed E-state index contributed by atoms with van der Waals surface area (Å²) in [4.78, 5) is 7.61. The van der Waals surface area contributed by atoms with Crippen molar-refractivity contribution < 1.29 is 5.11 Å². The summed E-state index contributed by atoms with van der Waals surface area (Å²) in [5, 5.41) is 18.6. The molecule has 1 heterocycles. The second kappa shape index (κ2) is 5.14. The van der Waals surface area contributed by atoms with Gasteiger partial charge in [0, 0.05) is 0 Å². The number of H-pyrrole nitrogens is 1. The third kappa shape index (κ3) is 2.63. The molecule has 3 rings (SSSR count). The number of benzene rings is 2. The van der Waals surface area contributed by atoms with E-state index >= 15 is 0 Å². The number of allylic oxidation sites excluding steroid dienone is 1. The predicted molar refractivity (Wildman–Crippen MR) is 82.4 cm³/mol. The number of aryl methyl sites for hydroxylation is 1. The number of aromatic hydroxyl groups is 1. The van der Waals surface area contributed by atoms with Crippen molar-refractivity contribution in [2.45, 2.75) is 6.92 Å². The van der Waals surface area contributed by atoms with Gasteiger partial charge in [0.1, 0.15) is 17.6 Å². The summed E-state index contributed by atoms with van der Waals surface area (Å²) >= 11 is 0. The van der Waals surface area contributed by atoms with Crippen LogP contribution in [0.2, 0.25) is 0 Å². The molecule has 0 unspecified atom stereocenters. The second-order valence-corrected chi connectivity index (χ2v) is 4.87. The Hall–Kier alpha value is -3.06. The summed E-state index contributed by atoms with van der Waals surface area (Å²) in [7, 11) is 0. The Balaban J connectivity index is 2.05. The van der Waals surface area contributed by atoms with Crippen LogP contribution < -0.4 is 0 Å². The number of phenolic OH excluding ortho intramolecular Hbond substituents is 1. The number of aromatic nitrogens is 2. The predicted octanol–water partition coefficient (Wildman–Crippen LogP) is 3.64. The van der Waals surface area contributed by atoms with E-state index in [0.717, 1.165) is 22.2 Å². The van der Waals surface area contributed by atoms with Gasteiger partial charge in [-0.05, 0) is 48.4 Å². The highest BCUT2D eigenvalue weighted by Crippen LogP contribution is 2.20. The van der Waals surface area contributed by atoms with Crippen LogP contribution in [0.1, 0.15) is 17.0 Å². The van der Waals surface area contributed by atoms with Crippen LogP contribution in [0.5, 0.6) is 5.75 Å². The molecule has 0 radical (unpaired) electrons. The molecule has 0 aliphatic carbocycles. The Kier molecular flexibility index (Phi) is 3.17. The van der Waals surface area contributed by atoms with Crippen LogP contribution in [0.15, 0.2) is 42.5 Å². The zero-order valence-corrected chi connectivity index (χ0v) is 11.5. The SMILES string of the molecule is Cc1ccc2nc(/C(C#N)=C\c3ccc(O)cc3)[nH]c2c1. The Morgan fingerprint density at radius 3 is 2.71 bits per heavy atom. The number of rotatable bonds is 2. The molecule has 0 saturated heterocycles. The van der Waals surface area contributed by atoms with Crippen molar-refractivity contribution in [3.8, 4) is 11.8 Å². The molecule has 0 fully saturated rings. The van der Waals surface area contributed by atoms with E-state index in [1.807, 2.05) is 25.1 Å². The Morgan fingerprint density at radius 2 is 2.00 bits per heavy atom. The molecule has 2 aromatic carbocycles. The van der Waals surface area contributed by atoms with E-state index < -0.39 is 0 Å². The van der Waals surface area contributed by atoms with Crippen LogP contribution >= 0.6 is 0 Å². The zero-order valence-electron chi connectivity index (χ0n) is 11.5. The summed E-state index contributed by atoms with van der Waals surface area (Å²) in [5.41, 5.74) is 4.17. The van der Waals surface area contributed by atoms with Gasteiger partial charge in [-0.3, -0.25) is 0 Å². The molecule has 0 atom stereocenters. The van der Waals surface area contributed by atoms with Crippen molar-refractivity contribution in [3.63, 3.8) is 0 Å². The van der Waals surface area contributed by atoms with E-state index in [9.17, 15) is 10.4 Å². The smallest absolute Gasteiger partial charge is 0.149 e.